The number of hydrogen-bond acceptors (Lipinski definition) is 3. The quantitative estimate of drug-likeness (QED) is 0.527. The summed E-state index contributed by atoms with van der Waals surface area (Å²) in [5.74, 6) is 0.158. The van der Waals surface area contributed by atoms with Crippen LogP contribution < -0.4 is 0 Å². The number of rotatable bonds is 4. The molecule has 6 heteroatoms. The number of para-hydroxylation sites is 1. The molecule has 4 heterocycles. The van der Waals surface area contributed by atoms with Crippen LogP contribution in [-0.2, 0) is 24.7 Å². The monoisotopic (exact) mass is 427 g/mol. The number of aryl methyl sites for hydroxylation is 3. The third-order valence-corrected chi connectivity index (χ3v) is 6.79. The first-order chi connectivity index (χ1) is 15.4. The second kappa shape index (κ2) is 7.93. The summed E-state index contributed by atoms with van der Waals surface area (Å²) in [6, 6.07) is 14.3. The van der Waals surface area contributed by atoms with Crippen molar-refractivity contribution in [3.63, 3.8) is 0 Å². The molecule has 0 bridgehead atoms. The van der Waals surface area contributed by atoms with Crippen molar-refractivity contribution in [2.75, 3.05) is 6.54 Å². The van der Waals surface area contributed by atoms with Crippen LogP contribution in [0.3, 0.4) is 0 Å². The van der Waals surface area contributed by atoms with E-state index in [1.807, 2.05) is 54.7 Å². The lowest BCUT2D eigenvalue weighted by Gasteiger charge is -2.36. The van der Waals surface area contributed by atoms with E-state index in [0.29, 0.717) is 19.4 Å². The number of carbonyl (C=O) groups is 1. The van der Waals surface area contributed by atoms with Gasteiger partial charge in [0.2, 0.25) is 5.91 Å². The van der Waals surface area contributed by atoms with Crippen LogP contribution in [0.1, 0.15) is 52.1 Å². The second-order valence-corrected chi connectivity index (χ2v) is 8.78. The zero-order valence-electron chi connectivity index (χ0n) is 19.1. The van der Waals surface area contributed by atoms with Crippen molar-refractivity contribution >= 4 is 16.8 Å². The Balaban J connectivity index is 1.51. The molecule has 1 aliphatic heterocycles. The summed E-state index contributed by atoms with van der Waals surface area (Å²) in [5, 5.41) is 5.75. The van der Waals surface area contributed by atoms with Crippen LogP contribution in [0.5, 0.6) is 0 Å². The number of aromatic nitrogens is 4. The van der Waals surface area contributed by atoms with Crippen LogP contribution in [-0.4, -0.2) is 37.1 Å². The van der Waals surface area contributed by atoms with Gasteiger partial charge >= 0.3 is 0 Å². The predicted molar refractivity (Wildman–Crippen MR) is 126 cm³/mol. The van der Waals surface area contributed by atoms with Gasteiger partial charge in [0.15, 0.2) is 0 Å². The summed E-state index contributed by atoms with van der Waals surface area (Å²) in [6.45, 7) is 6.78. The van der Waals surface area contributed by atoms with Crippen molar-refractivity contribution in [2.24, 2.45) is 7.05 Å². The standard InChI is InChI=1S/C26H29N5O/c1-16-8-7-11-23(27-16)26-25-21(20-9-5-6-10-22(20)28-25)14-15-31(26)24(32)13-12-19-17(2)29-30(4)18(19)3/h5-11,26,28H,12-15H2,1-4H3. The van der Waals surface area contributed by atoms with Gasteiger partial charge in [-0.15, -0.1) is 0 Å². The third kappa shape index (κ3) is 3.40. The number of carbonyl (C=O) groups excluding carboxylic acids is 1. The van der Waals surface area contributed by atoms with Gasteiger partial charge in [-0.2, -0.15) is 5.10 Å². The van der Waals surface area contributed by atoms with Gasteiger partial charge in [-0.25, -0.2) is 0 Å². The molecule has 1 amide bonds. The molecule has 0 aliphatic carbocycles. The van der Waals surface area contributed by atoms with Crippen LogP contribution >= 0.6 is 0 Å². The Morgan fingerprint density at radius 1 is 1.12 bits per heavy atom. The molecule has 1 aliphatic rings. The molecular weight excluding hydrogens is 398 g/mol. The van der Waals surface area contributed by atoms with Crippen LogP contribution in [0.25, 0.3) is 10.9 Å². The van der Waals surface area contributed by atoms with E-state index in [1.54, 1.807) is 0 Å². The minimum atomic E-state index is -0.199. The zero-order chi connectivity index (χ0) is 22.4. The van der Waals surface area contributed by atoms with E-state index < -0.39 is 0 Å². The SMILES string of the molecule is Cc1cccc(C2c3[nH]c4ccccc4c3CCN2C(=O)CCc2c(C)nn(C)c2C)n1. The Hall–Kier alpha value is -3.41. The van der Waals surface area contributed by atoms with Gasteiger partial charge in [0, 0.05) is 48.0 Å². The van der Waals surface area contributed by atoms with Crippen molar-refractivity contribution in [3.05, 3.63) is 82.1 Å². The highest BCUT2D eigenvalue weighted by Crippen LogP contribution is 2.38. The van der Waals surface area contributed by atoms with Crippen LogP contribution in [0, 0.1) is 20.8 Å². The summed E-state index contributed by atoms with van der Waals surface area (Å²) in [5.41, 5.74) is 8.70. The molecule has 0 saturated heterocycles. The molecular formula is C26H29N5O. The molecule has 1 atom stereocenters. The van der Waals surface area contributed by atoms with Crippen molar-refractivity contribution in [3.8, 4) is 0 Å². The van der Waals surface area contributed by atoms with Gasteiger partial charge in [-0.3, -0.25) is 14.5 Å². The minimum Gasteiger partial charge on any atom is -0.356 e. The molecule has 1 unspecified atom stereocenters. The Bertz CT molecular complexity index is 1320. The van der Waals surface area contributed by atoms with E-state index >= 15 is 0 Å². The van der Waals surface area contributed by atoms with Crippen LogP contribution in [0.4, 0.5) is 0 Å². The Morgan fingerprint density at radius 3 is 2.69 bits per heavy atom. The largest absolute Gasteiger partial charge is 0.356 e. The van der Waals surface area contributed by atoms with E-state index in [-0.39, 0.29) is 11.9 Å². The normalized spacial score (nSPS) is 15.9. The number of amides is 1. The summed E-state index contributed by atoms with van der Waals surface area (Å²) in [4.78, 5) is 24.0. The summed E-state index contributed by atoms with van der Waals surface area (Å²) < 4.78 is 1.90. The first-order valence-corrected chi connectivity index (χ1v) is 11.3. The lowest BCUT2D eigenvalue weighted by atomic mass is 9.94. The van der Waals surface area contributed by atoms with E-state index in [2.05, 4.69) is 35.2 Å². The van der Waals surface area contributed by atoms with Crippen LogP contribution in [0.2, 0.25) is 0 Å². The fourth-order valence-corrected chi connectivity index (χ4v) is 5.09. The number of hydrogen-bond donors (Lipinski definition) is 1. The highest BCUT2D eigenvalue weighted by molar-refractivity contribution is 5.86. The summed E-state index contributed by atoms with van der Waals surface area (Å²) in [6.07, 6.45) is 2.01. The highest BCUT2D eigenvalue weighted by atomic mass is 16.2. The first-order valence-electron chi connectivity index (χ1n) is 11.3. The predicted octanol–water partition coefficient (Wildman–Crippen LogP) is 4.33. The second-order valence-electron chi connectivity index (χ2n) is 8.78. The summed E-state index contributed by atoms with van der Waals surface area (Å²) in [7, 11) is 1.95. The minimum absolute atomic E-state index is 0.158. The number of benzene rings is 1. The topological polar surface area (TPSA) is 66.8 Å². The number of pyridine rings is 1. The van der Waals surface area contributed by atoms with E-state index in [1.165, 1.54) is 16.5 Å². The molecule has 3 aromatic heterocycles. The number of nitrogens with zero attached hydrogens (tertiary/aromatic N) is 4. The van der Waals surface area contributed by atoms with Crippen molar-refractivity contribution in [2.45, 2.75) is 46.1 Å². The lowest BCUT2D eigenvalue weighted by Crippen LogP contribution is -2.41. The average Bonchev–Trinajstić information content (AvgIpc) is 3.27. The molecule has 0 radical (unpaired) electrons. The van der Waals surface area contributed by atoms with Gasteiger partial charge in [-0.1, -0.05) is 24.3 Å². The van der Waals surface area contributed by atoms with Gasteiger partial charge in [0.1, 0.15) is 6.04 Å². The molecule has 164 valence electrons. The fourth-order valence-electron chi connectivity index (χ4n) is 5.09. The molecule has 5 rings (SSSR count). The molecule has 1 aromatic carbocycles. The fraction of sp³-hybridized carbons (Fsp3) is 0.346. The maximum Gasteiger partial charge on any atom is 0.223 e. The molecule has 32 heavy (non-hydrogen) atoms. The number of H-pyrrole nitrogens is 1. The molecule has 1 N–H and O–H groups in total. The van der Waals surface area contributed by atoms with E-state index in [0.717, 1.165) is 40.4 Å². The van der Waals surface area contributed by atoms with Gasteiger partial charge < -0.3 is 9.88 Å². The number of aromatic amines is 1. The average molecular weight is 428 g/mol. The maximum atomic E-state index is 13.6. The van der Waals surface area contributed by atoms with E-state index in [4.69, 9.17) is 4.98 Å². The first kappa shape index (κ1) is 20.5. The molecule has 4 aromatic rings. The van der Waals surface area contributed by atoms with Crippen molar-refractivity contribution in [1.29, 1.82) is 0 Å². The number of fused-ring (bicyclic) bond motifs is 3. The molecule has 6 nitrogen and oxygen atoms in total. The van der Waals surface area contributed by atoms with Gasteiger partial charge in [0.05, 0.1) is 11.4 Å². The van der Waals surface area contributed by atoms with Gasteiger partial charge in [0.25, 0.3) is 0 Å². The lowest BCUT2D eigenvalue weighted by molar-refractivity contribution is -0.133. The van der Waals surface area contributed by atoms with Crippen LogP contribution in [0.15, 0.2) is 42.5 Å². The summed E-state index contributed by atoms with van der Waals surface area (Å²) >= 11 is 0. The smallest absolute Gasteiger partial charge is 0.223 e. The zero-order valence-corrected chi connectivity index (χ0v) is 19.1. The molecule has 0 fully saturated rings. The Labute approximate surface area is 188 Å². The third-order valence-electron chi connectivity index (χ3n) is 6.79. The number of nitrogens with one attached hydrogen (secondary N) is 1. The van der Waals surface area contributed by atoms with Gasteiger partial charge in [-0.05, 0) is 62.9 Å². The van der Waals surface area contributed by atoms with Crippen molar-refractivity contribution in [1.82, 2.24) is 24.6 Å². The van der Waals surface area contributed by atoms with Crippen molar-refractivity contribution < 1.29 is 4.79 Å². The Kier molecular flexibility index (Phi) is 5.08. The Morgan fingerprint density at radius 2 is 1.94 bits per heavy atom. The molecule has 0 spiro atoms. The van der Waals surface area contributed by atoms with E-state index in [9.17, 15) is 4.79 Å². The maximum absolute atomic E-state index is 13.6. The molecule has 0 saturated carbocycles. The highest BCUT2D eigenvalue weighted by Gasteiger charge is 2.35.